The van der Waals surface area contributed by atoms with Gasteiger partial charge in [0.1, 0.15) is 5.75 Å². The molecule has 2 rings (SSSR count). The van der Waals surface area contributed by atoms with Crippen molar-refractivity contribution in [3.05, 3.63) is 28.2 Å². The number of rotatable bonds is 4. The number of hydrogen-bond acceptors (Lipinski definition) is 3. The SMILES string of the molecule is COc1ccc(Br)cc1CC1(CN)CCCC(C)(C)C1O. The van der Waals surface area contributed by atoms with E-state index in [1.807, 2.05) is 12.1 Å². The van der Waals surface area contributed by atoms with E-state index in [2.05, 4.69) is 35.8 Å². The van der Waals surface area contributed by atoms with Crippen molar-refractivity contribution in [1.82, 2.24) is 0 Å². The van der Waals surface area contributed by atoms with Gasteiger partial charge in [-0.3, -0.25) is 0 Å². The van der Waals surface area contributed by atoms with Gasteiger partial charge in [-0.2, -0.15) is 0 Å². The minimum absolute atomic E-state index is 0.0864. The zero-order valence-electron chi connectivity index (χ0n) is 13.2. The first-order valence-corrected chi connectivity index (χ1v) is 8.34. The number of hydrogen-bond donors (Lipinski definition) is 2. The molecule has 4 heteroatoms. The van der Waals surface area contributed by atoms with Crippen LogP contribution in [0, 0.1) is 10.8 Å². The van der Waals surface area contributed by atoms with E-state index in [0.29, 0.717) is 6.54 Å². The number of aliphatic hydroxyl groups is 1. The first-order chi connectivity index (χ1) is 9.84. The van der Waals surface area contributed by atoms with E-state index < -0.39 is 6.10 Å². The molecule has 1 saturated carbocycles. The summed E-state index contributed by atoms with van der Waals surface area (Å²) in [6, 6.07) is 6.01. The lowest BCUT2D eigenvalue weighted by Crippen LogP contribution is -2.53. The molecule has 2 atom stereocenters. The molecule has 21 heavy (non-hydrogen) atoms. The molecule has 0 amide bonds. The largest absolute Gasteiger partial charge is 0.496 e. The zero-order valence-corrected chi connectivity index (χ0v) is 14.7. The highest BCUT2D eigenvalue weighted by Gasteiger charge is 2.48. The van der Waals surface area contributed by atoms with Crippen LogP contribution in [0.2, 0.25) is 0 Å². The van der Waals surface area contributed by atoms with Crippen molar-refractivity contribution >= 4 is 15.9 Å². The van der Waals surface area contributed by atoms with Gasteiger partial charge in [-0.1, -0.05) is 36.2 Å². The van der Waals surface area contributed by atoms with Crippen molar-refractivity contribution in [2.75, 3.05) is 13.7 Å². The summed E-state index contributed by atoms with van der Waals surface area (Å²) in [6.07, 6.45) is 3.47. The Morgan fingerprint density at radius 1 is 1.38 bits per heavy atom. The van der Waals surface area contributed by atoms with Crippen LogP contribution < -0.4 is 10.5 Å². The molecule has 3 N–H and O–H groups in total. The van der Waals surface area contributed by atoms with E-state index in [9.17, 15) is 5.11 Å². The fourth-order valence-corrected chi connectivity index (χ4v) is 4.14. The Labute approximate surface area is 136 Å². The topological polar surface area (TPSA) is 55.5 Å². The van der Waals surface area contributed by atoms with Crippen LogP contribution in [0.1, 0.15) is 38.7 Å². The molecular weight excluding hydrogens is 330 g/mol. The van der Waals surface area contributed by atoms with Crippen LogP contribution in [-0.4, -0.2) is 24.9 Å². The van der Waals surface area contributed by atoms with Gasteiger partial charge in [0.25, 0.3) is 0 Å². The van der Waals surface area contributed by atoms with E-state index >= 15 is 0 Å². The lowest BCUT2D eigenvalue weighted by atomic mass is 9.59. The van der Waals surface area contributed by atoms with Crippen LogP contribution in [0.25, 0.3) is 0 Å². The second-order valence-electron chi connectivity index (χ2n) is 6.94. The summed E-state index contributed by atoms with van der Waals surface area (Å²) in [4.78, 5) is 0. The molecule has 0 bridgehead atoms. The summed E-state index contributed by atoms with van der Waals surface area (Å²) < 4.78 is 6.50. The van der Waals surface area contributed by atoms with E-state index in [0.717, 1.165) is 41.5 Å². The Hall–Kier alpha value is -0.580. The quantitative estimate of drug-likeness (QED) is 0.868. The maximum Gasteiger partial charge on any atom is 0.122 e. The Morgan fingerprint density at radius 2 is 2.10 bits per heavy atom. The molecule has 1 fully saturated rings. The lowest BCUT2D eigenvalue weighted by molar-refractivity contribution is -0.0886. The maximum absolute atomic E-state index is 10.9. The van der Waals surface area contributed by atoms with Crippen molar-refractivity contribution in [2.45, 2.75) is 45.6 Å². The summed E-state index contributed by atoms with van der Waals surface area (Å²) in [6.45, 7) is 4.77. The molecule has 1 aromatic carbocycles. The predicted molar refractivity (Wildman–Crippen MR) is 89.5 cm³/mol. The van der Waals surface area contributed by atoms with Gasteiger partial charge in [-0.05, 0) is 48.4 Å². The average molecular weight is 356 g/mol. The van der Waals surface area contributed by atoms with Crippen molar-refractivity contribution in [3.8, 4) is 5.75 Å². The predicted octanol–water partition coefficient (Wildman–Crippen LogP) is 3.52. The number of ether oxygens (including phenoxy) is 1. The van der Waals surface area contributed by atoms with Crippen LogP contribution in [0.3, 0.4) is 0 Å². The number of benzene rings is 1. The molecule has 1 aliphatic carbocycles. The first-order valence-electron chi connectivity index (χ1n) is 7.55. The van der Waals surface area contributed by atoms with E-state index in [1.165, 1.54) is 0 Å². The van der Waals surface area contributed by atoms with Gasteiger partial charge < -0.3 is 15.6 Å². The molecule has 0 aromatic heterocycles. The summed E-state index contributed by atoms with van der Waals surface area (Å²) in [7, 11) is 1.68. The summed E-state index contributed by atoms with van der Waals surface area (Å²) in [5.41, 5.74) is 6.87. The highest BCUT2D eigenvalue weighted by atomic mass is 79.9. The van der Waals surface area contributed by atoms with Crippen molar-refractivity contribution in [2.24, 2.45) is 16.6 Å². The third kappa shape index (κ3) is 3.27. The van der Waals surface area contributed by atoms with E-state index in [1.54, 1.807) is 7.11 Å². The van der Waals surface area contributed by atoms with Gasteiger partial charge in [-0.25, -0.2) is 0 Å². The Bertz CT molecular complexity index is 504. The summed E-state index contributed by atoms with van der Waals surface area (Å²) >= 11 is 3.52. The van der Waals surface area contributed by atoms with Crippen molar-refractivity contribution in [1.29, 1.82) is 0 Å². The average Bonchev–Trinajstić information content (AvgIpc) is 2.44. The Kier molecular flexibility index (Phi) is 5.01. The summed E-state index contributed by atoms with van der Waals surface area (Å²) in [5, 5.41) is 10.9. The minimum Gasteiger partial charge on any atom is -0.496 e. The number of methoxy groups -OCH3 is 1. The molecule has 0 spiro atoms. The van der Waals surface area contributed by atoms with Crippen LogP contribution >= 0.6 is 15.9 Å². The smallest absolute Gasteiger partial charge is 0.122 e. The van der Waals surface area contributed by atoms with E-state index in [4.69, 9.17) is 10.5 Å². The molecule has 0 saturated heterocycles. The Balaban J connectivity index is 2.36. The van der Waals surface area contributed by atoms with Gasteiger partial charge in [0, 0.05) is 16.4 Å². The fourth-order valence-electron chi connectivity index (χ4n) is 3.73. The number of halogens is 1. The monoisotopic (exact) mass is 355 g/mol. The molecule has 1 aromatic rings. The van der Waals surface area contributed by atoms with Crippen molar-refractivity contribution < 1.29 is 9.84 Å². The van der Waals surface area contributed by atoms with Crippen LogP contribution in [0.15, 0.2) is 22.7 Å². The summed E-state index contributed by atoms with van der Waals surface area (Å²) in [5.74, 6) is 0.863. The van der Waals surface area contributed by atoms with Crippen molar-refractivity contribution in [3.63, 3.8) is 0 Å². The molecule has 2 unspecified atom stereocenters. The van der Waals surface area contributed by atoms with Crippen LogP contribution in [0.5, 0.6) is 5.75 Å². The molecular formula is C17H26BrNO2. The highest BCUT2D eigenvalue weighted by Crippen LogP contribution is 2.48. The standard InChI is InChI=1S/C17H26BrNO2/c1-16(2)7-4-8-17(11-19,15(16)20)10-12-9-13(18)5-6-14(12)21-3/h5-6,9,15,20H,4,7-8,10-11,19H2,1-3H3. The molecule has 0 aliphatic heterocycles. The fraction of sp³-hybridized carbons (Fsp3) is 0.647. The Morgan fingerprint density at radius 3 is 2.71 bits per heavy atom. The highest BCUT2D eigenvalue weighted by molar-refractivity contribution is 9.10. The second-order valence-corrected chi connectivity index (χ2v) is 7.86. The minimum atomic E-state index is -0.396. The molecule has 0 radical (unpaired) electrons. The number of aliphatic hydroxyl groups excluding tert-OH is 1. The van der Waals surface area contributed by atoms with Gasteiger partial charge >= 0.3 is 0 Å². The van der Waals surface area contributed by atoms with Crippen LogP contribution in [-0.2, 0) is 6.42 Å². The zero-order chi connectivity index (χ0) is 15.7. The molecule has 118 valence electrons. The second kappa shape index (κ2) is 6.27. The lowest BCUT2D eigenvalue weighted by Gasteiger charge is -2.49. The normalized spacial score (nSPS) is 28.4. The third-order valence-corrected chi connectivity index (χ3v) is 5.50. The van der Waals surface area contributed by atoms with Crippen LogP contribution in [0.4, 0.5) is 0 Å². The van der Waals surface area contributed by atoms with Gasteiger partial charge in [0.2, 0.25) is 0 Å². The first kappa shape index (κ1) is 16.8. The molecule has 1 aliphatic rings. The van der Waals surface area contributed by atoms with Gasteiger partial charge in [0.05, 0.1) is 13.2 Å². The van der Waals surface area contributed by atoms with Gasteiger partial charge in [0.15, 0.2) is 0 Å². The van der Waals surface area contributed by atoms with Gasteiger partial charge in [-0.15, -0.1) is 0 Å². The van der Waals surface area contributed by atoms with E-state index in [-0.39, 0.29) is 10.8 Å². The number of nitrogens with two attached hydrogens (primary N) is 1. The maximum atomic E-state index is 10.9. The molecule has 3 nitrogen and oxygen atoms in total. The third-order valence-electron chi connectivity index (χ3n) is 5.01. The molecule has 0 heterocycles.